The molecule has 21 heavy (non-hydrogen) atoms. The molecule has 0 bridgehead atoms. The highest BCUT2D eigenvalue weighted by molar-refractivity contribution is 5.95. The van der Waals surface area contributed by atoms with Crippen molar-refractivity contribution in [2.45, 2.75) is 50.6 Å². The molecule has 2 nitrogen and oxygen atoms in total. The summed E-state index contributed by atoms with van der Waals surface area (Å²) in [5.74, 6) is -0.298. The zero-order valence-corrected chi connectivity index (χ0v) is 11.7. The van der Waals surface area contributed by atoms with Gasteiger partial charge < -0.3 is 5.73 Å². The Balaban J connectivity index is 2.16. The summed E-state index contributed by atoms with van der Waals surface area (Å²) in [5, 5.41) is 0. The molecule has 0 saturated heterocycles. The van der Waals surface area contributed by atoms with Gasteiger partial charge in [-0.25, -0.2) is 0 Å². The zero-order chi connectivity index (χ0) is 15.2. The standard InChI is InChI=1S/C16H18F3NO/c17-16(18,19)14-12-6-5-9-3-1-2-4-10(9)11(12)7-8-13(14)15(20)21/h7-10H,1-6H2,(H2,20,21). The molecule has 3 rings (SSSR count). The highest BCUT2D eigenvalue weighted by Gasteiger charge is 2.42. The number of hydrogen-bond acceptors (Lipinski definition) is 1. The van der Waals surface area contributed by atoms with Crippen molar-refractivity contribution in [1.82, 2.24) is 0 Å². The molecule has 5 heteroatoms. The summed E-state index contributed by atoms with van der Waals surface area (Å²) in [6.45, 7) is 0. The number of primary amides is 1. The topological polar surface area (TPSA) is 43.1 Å². The van der Waals surface area contributed by atoms with Gasteiger partial charge in [0.05, 0.1) is 11.1 Å². The molecule has 1 fully saturated rings. The Morgan fingerprint density at radius 3 is 2.52 bits per heavy atom. The van der Waals surface area contributed by atoms with Crippen LogP contribution in [0.3, 0.4) is 0 Å². The third kappa shape index (κ3) is 2.43. The number of carbonyl (C=O) groups is 1. The van der Waals surface area contributed by atoms with Crippen molar-refractivity contribution >= 4 is 5.91 Å². The van der Waals surface area contributed by atoms with Crippen LogP contribution in [0.15, 0.2) is 12.1 Å². The molecule has 2 unspecified atom stereocenters. The maximum atomic E-state index is 13.4. The number of rotatable bonds is 1. The lowest BCUT2D eigenvalue weighted by molar-refractivity contribution is -0.138. The fraction of sp³-hybridized carbons (Fsp3) is 0.562. The van der Waals surface area contributed by atoms with Gasteiger partial charge in [0, 0.05) is 0 Å². The van der Waals surface area contributed by atoms with E-state index in [9.17, 15) is 18.0 Å². The van der Waals surface area contributed by atoms with E-state index in [1.807, 2.05) is 0 Å². The van der Waals surface area contributed by atoms with Gasteiger partial charge in [-0.15, -0.1) is 0 Å². The van der Waals surface area contributed by atoms with Crippen LogP contribution in [0.1, 0.15) is 65.1 Å². The van der Waals surface area contributed by atoms with Crippen molar-refractivity contribution in [1.29, 1.82) is 0 Å². The molecule has 0 spiro atoms. The van der Waals surface area contributed by atoms with E-state index < -0.39 is 23.2 Å². The van der Waals surface area contributed by atoms with Crippen LogP contribution in [0, 0.1) is 5.92 Å². The lowest BCUT2D eigenvalue weighted by atomic mass is 9.67. The van der Waals surface area contributed by atoms with Crippen LogP contribution in [0.4, 0.5) is 13.2 Å². The first-order valence-corrected chi connectivity index (χ1v) is 7.42. The highest BCUT2D eigenvalue weighted by atomic mass is 19.4. The van der Waals surface area contributed by atoms with Crippen molar-refractivity contribution in [2.24, 2.45) is 11.7 Å². The number of hydrogen-bond donors (Lipinski definition) is 1. The summed E-state index contributed by atoms with van der Waals surface area (Å²) in [6, 6.07) is 2.97. The molecule has 1 amide bonds. The van der Waals surface area contributed by atoms with Gasteiger partial charge >= 0.3 is 6.18 Å². The van der Waals surface area contributed by atoms with Crippen LogP contribution in [-0.4, -0.2) is 5.91 Å². The molecule has 2 atom stereocenters. The normalized spacial score (nSPS) is 25.1. The average molecular weight is 297 g/mol. The lowest BCUT2D eigenvalue weighted by Crippen LogP contribution is -2.28. The van der Waals surface area contributed by atoms with Gasteiger partial charge in [-0.2, -0.15) is 13.2 Å². The fourth-order valence-corrected chi connectivity index (χ4v) is 4.10. The van der Waals surface area contributed by atoms with Crippen molar-refractivity contribution in [2.75, 3.05) is 0 Å². The number of amides is 1. The molecular formula is C16H18F3NO. The van der Waals surface area contributed by atoms with Crippen LogP contribution < -0.4 is 5.73 Å². The molecule has 1 aromatic rings. The largest absolute Gasteiger partial charge is 0.417 e. The van der Waals surface area contributed by atoms with Crippen LogP contribution in [-0.2, 0) is 12.6 Å². The second-order valence-electron chi connectivity index (χ2n) is 6.11. The predicted octanol–water partition coefficient (Wildman–Crippen LogP) is 4.02. The molecule has 0 aliphatic heterocycles. The van der Waals surface area contributed by atoms with Gasteiger partial charge in [-0.3, -0.25) is 4.79 Å². The van der Waals surface area contributed by atoms with Gasteiger partial charge in [-0.05, 0) is 54.7 Å². The molecule has 1 saturated carbocycles. The molecule has 2 aliphatic carbocycles. The quantitative estimate of drug-likeness (QED) is 0.835. The van der Waals surface area contributed by atoms with Crippen molar-refractivity contribution in [3.63, 3.8) is 0 Å². The molecule has 2 aliphatic rings. The minimum absolute atomic E-state index is 0.213. The summed E-state index contributed by atoms with van der Waals surface area (Å²) < 4.78 is 40.2. The number of halogens is 3. The van der Waals surface area contributed by atoms with Gasteiger partial charge in [0.15, 0.2) is 0 Å². The first-order valence-electron chi connectivity index (χ1n) is 7.42. The smallest absolute Gasteiger partial charge is 0.366 e. The van der Waals surface area contributed by atoms with Crippen LogP contribution in [0.5, 0.6) is 0 Å². The molecule has 0 radical (unpaired) electrons. The Kier molecular flexibility index (Phi) is 3.46. The molecule has 0 heterocycles. The Labute approximate surface area is 121 Å². The van der Waals surface area contributed by atoms with Gasteiger partial charge in [0.1, 0.15) is 0 Å². The van der Waals surface area contributed by atoms with Gasteiger partial charge in [0.2, 0.25) is 5.91 Å². The molecule has 2 N–H and O–H groups in total. The van der Waals surface area contributed by atoms with Gasteiger partial charge in [-0.1, -0.05) is 18.9 Å². The van der Waals surface area contributed by atoms with E-state index in [2.05, 4.69) is 0 Å². The van der Waals surface area contributed by atoms with Crippen molar-refractivity contribution in [3.8, 4) is 0 Å². The molecular weight excluding hydrogens is 279 g/mol. The number of fused-ring (bicyclic) bond motifs is 3. The summed E-state index contributed by atoms with van der Waals surface area (Å²) in [4.78, 5) is 11.4. The van der Waals surface area contributed by atoms with E-state index in [4.69, 9.17) is 5.73 Å². The van der Waals surface area contributed by atoms with E-state index >= 15 is 0 Å². The van der Waals surface area contributed by atoms with Crippen molar-refractivity contribution in [3.05, 3.63) is 34.4 Å². The Morgan fingerprint density at radius 1 is 1.14 bits per heavy atom. The van der Waals surface area contributed by atoms with E-state index in [0.29, 0.717) is 17.9 Å². The Morgan fingerprint density at radius 2 is 1.86 bits per heavy atom. The predicted molar refractivity (Wildman–Crippen MR) is 73.0 cm³/mol. The second kappa shape index (κ2) is 5.04. The van der Waals surface area contributed by atoms with E-state index in [1.165, 1.54) is 12.5 Å². The third-order valence-corrected chi connectivity index (χ3v) is 4.97. The van der Waals surface area contributed by atoms with Gasteiger partial charge in [0.25, 0.3) is 0 Å². The van der Waals surface area contributed by atoms with Crippen molar-refractivity contribution < 1.29 is 18.0 Å². The zero-order valence-electron chi connectivity index (χ0n) is 11.7. The van der Waals surface area contributed by atoms with E-state index in [-0.39, 0.29) is 5.92 Å². The van der Waals surface area contributed by atoms with E-state index in [0.717, 1.165) is 31.2 Å². The first kappa shape index (κ1) is 14.4. The summed E-state index contributed by atoms with van der Waals surface area (Å²) >= 11 is 0. The number of alkyl halides is 3. The van der Waals surface area contributed by atoms with Crippen LogP contribution in [0.25, 0.3) is 0 Å². The van der Waals surface area contributed by atoms with E-state index in [1.54, 1.807) is 6.07 Å². The summed E-state index contributed by atoms with van der Waals surface area (Å²) in [5.41, 5.74) is 5.05. The lowest BCUT2D eigenvalue weighted by Gasteiger charge is -2.38. The maximum absolute atomic E-state index is 13.4. The highest BCUT2D eigenvalue weighted by Crippen LogP contribution is 2.48. The molecule has 1 aromatic carbocycles. The SMILES string of the molecule is NC(=O)c1ccc2c(c1C(F)(F)F)CCC1CCCCC21. The summed E-state index contributed by atoms with van der Waals surface area (Å²) in [6.07, 6.45) is 0.933. The first-order chi connectivity index (χ1) is 9.89. The number of carbonyl (C=O) groups excluding carboxylic acids is 1. The fourth-order valence-electron chi connectivity index (χ4n) is 4.10. The van der Waals surface area contributed by atoms with Crippen LogP contribution in [0.2, 0.25) is 0 Å². The minimum atomic E-state index is -4.53. The summed E-state index contributed by atoms with van der Waals surface area (Å²) in [7, 11) is 0. The number of benzene rings is 1. The molecule has 114 valence electrons. The average Bonchev–Trinajstić information content (AvgIpc) is 2.44. The molecule has 0 aromatic heterocycles. The Hall–Kier alpha value is -1.52. The maximum Gasteiger partial charge on any atom is 0.417 e. The number of nitrogens with two attached hydrogens (primary N) is 1. The monoisotopic (exact) mass is 297 g/mol. The van der Waals surface area contributed by atoms with Crippen LogP contribution >= 0.6 is 0 Å². The Bertz CT molecular complexity index is 580. The third-order valence-electron chi connectivity index (χ3n) is 4.97. The second-order valence-corrected chi connectivity index (χ2v) is 6.11. The minimum Gasteiger partial charge on any atom is -0.366 e.